The second kappa shape index (κ2) is 12.5. The summed E-state index contributed by atoms with van der Waals surface area (Å²) >= 11 is 0. The molecule has 2 saturated heterocycles. The number of β-amino-alcohol motifs (C(OH)–C–C–N with tert-alkyl or cyclic N) is 1. The summed E-state index contributed by atoms with van der Waals surface area (Å²) in [5.74, 6) is 0.549. The van der Waals surface area contributed by atoms with E-state index in [0.717, 1.165) is 39.3 Å². The highest BCUT2D eigenvalue weighted by atomic mass is 16.5. The number of carbonyl (C=O) groups excluding carboxylic acids is 1. The van der Waals surface area contributed by atoms with Crippen molar-refractivity contribution in [2.75, 3.05) is 72.7 Å². The van der Waals surface area contributed by atoms with Crippen LogP contribution in [0.4, 0.5) is 0 Å². The molecule has 0 unspecified atom stereocenters. The van der Waals surface area contributed by atoms with Gasteiger partial charge in [-0.25, -0.2) is 0 Å². The number of hydrogen-bond donors (Lipinski definition) is 1. The predicted octanol–water partition coefficient (Wildman–Crippen LogP) is 1.33. The lowest BCUT2D eigenvalue weighted by Gasteiger charge is -2.39. The number of methoxy groups -OCH3 is 1. The summed E-state index contributed by atoms with van der Waals surface area (Å²) in [4.78, 5) is 19.8. The van der Waals surface area contributed by atoms with Crippen molar-refractivity contribution in [3.8, 4) is 5.75 Å². The summed E-state index contributed by atoms with van der Waals surface area (Å²) in [6, 6.07) is 7.44. The molecule has 0 spiro atoms. The Labute approximate surface area is 192 Å². The standard InChI is InChI=1S/C24H39N3O5/c1-4-19(2)27(24(29)22-7-5-6-8-23(22)30-3)18-21-17-26(11-14-32-21)16-20(28)15-25-9-12-31-13-10-25/h5-8,19-21,28H,4,9-18H2,1-3H3/t19-,20+,21-/m0/s1. The van der Waals surface area contributed by atoms with E-state index in [2.05, 4.69) is 23.6 Å². The maximum Gasteiger partial charge on any atom is 0.257 e. The molecule has 0 aliphatic carbocycles. The number of hydrogen-bond acceptors (Lipinski definition) is 7. The first-order valence-corrected chi connectivity index (χ1v) is 11.8. The summed E-state index contributed by atoms with van der Waals surface area (Å²) in [5, 5.41) is 10.6. The lowest BCUT2D eigenvalue weighted by Crippen LogP contribution is -2.53. The number of carbonyl (C=O) groups is 1. The number of nitrogens with zero attached hydrogens (tertiary/aromatic N) is 3. The Hall–Kier alpha value is -1.71. The Balaban J connectivity index is 1.59. The molecular weight excluding hydrogens is 410 g/mol. The minimum atomic E-state index is -0.410. The number of aliphatic hydroxyl groups excluding tert-OH is 1. The van der Waals surface area contributed by atoms with Gasteiger partial charge in [-0.15, -0.1) is 0 Å². The van der Waals surface area contributed by atoms with Gasteiger partial charge in [-0.3, -0.25) is 14.6 Å². The molecule has 3 atom stereocenters. The van der Waals surface area contributed by atoms with Gasteiger partial charge in [0.25, 0.3) is 5.91 Å². The molecule has 1 aromatic rings. The largest absolute Gasteiger partial charge is 0.496 e. The minimum absolute atomic E-state index is 0.0372. The van der Waals surface area contributed by atoms with Crippen LogP contribution in [0, 0.1) is 0 Å². The van der Waals surface area contributed by atoms with Crippen LogP contribution in [0.2, 0.25) is 0 Å². The molecule has 8 heteroatoms. The molecule has 32 heavy (non-hydrogen) atoms. The maximum atomic E-state index is 13.4. The van der Waals surface area contributed by atoms with Gasteiger partial charge < -0.3 is 24.2 Å². The SMILES string of the molecule is CC[C@H](C)N(C[C@@H]1CN(C[C@H](O)CN2CCOCC2)CCO1)C(=O)c1ccccc1OC. The van der Waals surface area contributed by atoms with E-state index in [1.54, 1.807) is 7.11 Å². The fraction of sp³-hybridized carbons (Fsp3) is 0.708. The Kier molecular flexibility index (Phi) is 9.74. The molecule has 0 saturated carbocycles. The number of aliphatic hydroxyl groups is 1. The van der Waals surface area contributed by atoms with Crippen molar-refractivity contribution in [2.45, 2.75) is 38.5 Å². The maximum absolute atomic E-state index is 13.4. The van der Waals surface area contributed by atoms with Gasteiger partial charge in [0.2, 0.25) is 0 Å². The number of amides is 1. The number of para-hydroxylation sites is 1. The molecule has 2 heterocycles. The van der Waals surface area contributed by atoms with Crippen molar-refractivity contribution < 1.29 is 24.1 Å². The molecule has 2 fully saturated rings. The molecule has 2 aliphatic rings. The molecule has 1 N–H and O–H groups in total. The smallest absolute Gasteiger partial charge is 0.257 e. The van der Waals surface area contributed by atoms with Gasteiger partial charge in [0.15, 0.2) is 0 Å². The molecular formula is C24H39N3O5. The van der Waals surface area contributed by atoms with Gasteiger partial charge in [-0.2, -0.15) is 0 Å². The van der Waals surface area contributed by atoms with Crippen molar-refractivity contribution in [3.63, 3.8) is 0 Å². The Morgan fingerprint density at radius 2 is 1.88 bits per heavy atom. The van der Waals surface area contributed by atoms with Gasteiger partial charge in [-0.05, 0) is 25.5 Å². The highest BCUT2D eigenvalue weighted by Crippen LogP contribution is 2.22. The lowest BCUT2D eigenvalue weighted by atomic mass is 10.1. The summed E-state index contributed by atoms with van der Waals surface area (Å²) in [7, 11) is 1.59. The summed E-state index contributed by atoms with van der Waals surface area (Å²) < 4.78 is 16.8. The van der Waals surface area contributed by atoms with Crippen molar-refractivity contribution in [1.29, 1.82) is 0 Å². The highest BCUT2D eigenvalue weighted by Gasteiger charge is 2.30. The third-order valence-corrected chi connectivity index (χ3v) is 6.39. The third-order valence-electron chi connectivity index (χ3n) is 6.39. The molecule has 1 aromatic carbocycles. The Morgan fingerprint density at radius 3 is 2.59 bits per heavy atom. The fourth-order valence-corrected chi connectivity index (χ4v) is 4.37. The molecule has 3 rings (SSSR count). The van der Waals surface area contributed by atoms with Crippen molar-refractivity contribution in [2.24, 2.45) is 0 Å². The Bertz CT molecular complexity index is 713. The number of rotatable bonds is 10. The normalized spacial score (nSPS) is 22.3. The zero-order valence-electron chi connectivity index (χ0n) is 19.7. The summed E-state index contributed by atoms with van der Waals surface area (Å²) in [6.45, 7) is 11.3. The fourth-order valence-electron chi connectivity index (χ4n) is 4.37. The zero-order valence-corrected chi connectivity index (χ0v) is 19.7. The van der Waals surface area contributed by atoms with Crippen molar-refractivity contribution in [3.05, 3.63) is 29.8 Å². The van der Waals surface area contributed by atoms with Crippen LogP contribution in [-0.4, -0.2) is 117 Å². The quantitative estimate of drug-likeness (QED) is 0.578. The van der Waals surface area contributed by atoms with Gasteiger partial charge in [0, 0.05) is 51.9 Å². The molecule has 0 radical (unpaired) electrons. The van der Waals surface area contributed by atoms with E-state index in [9.17, 15) is 9.90 Å². The first-order valence-electron chi connectivity index (χ1n) is 11.8. The van der Waals surface area contributed by atoms with Crippen LogP contribution in [0.5, 0.6) is 5.75 Å². The van der Waals surface area contributed by atoms with E-state index in [0.29, 0.717) is 44.1 Å². The number of morpholine rings is 2. The second-order valence-corrected chi connectivity index (χ2v) is 8.73. The zero-order chi connectivity index (χ0) is 22.9. The van der Waals surface area contributed by atoms with Crippen LogP contribution >= 0.6 is 0 Å². The topological polar surface area (TPSA) is 74.7 Å². The van der Waals surface area contributed by atoms with Gasteiger partial charge in [0.05, 0.1) is 44.7 Å². The molecule has 180 valence electrons. The van der Waals surface area contributed by atoms with Crippen LogP contribution in [0.3, 0.4) is 0 Å². The molecule has 0 bridgehead atoms. The number of benzene rings is 1. The van der Waals surface area contributed by atoms with E-state index in [-0.39, 0.29) is 18.1 Å². The van der Waals surface area contributed by atoms with Crippen LogP contribution in [-0.2, 0) is 9.47 Å². The monoisotopic (exact) mass is 449 g/mol. The minimum Gasteiger partial charge on any atom is -0.496 e. The van der Waals surface area contributed by atoms with Crippen LogP contribution < -0.4 is 4.74 Å². The summed E-state index contributed by atoms with van der Waals surface area (Å²) in [5.41, 5.74) is 0.573. The first-order chi connectivity index (χ1) is 15.5. The molecule has 1 amide bonds. The lowest BCUT2D eigenvalue weighted by molar-refractivity contribution is -0.0581. The van der Waals surface area contributed by atoms with Gasteiger partial charge in [-0.1, -0.05) is 19.1 Å². The molecule has 2 aliphatic heterocycles. The van der Waals surface area contributed by atoms with E-state index >= 15 is 0 Å². The average molecular weight is 450 g/mol. The first kappa shape index (κ1) is 24.9. The van der Waals surface area contributed by atoms with E-state index < -0.39 is 6.10 Å². The molecule has 8 nitrogen and oxygen atoms in total. The second-order valence-electron chi connectivity index (χ2n) is 8.73. The van der Waals surface area contributed by atoms with Crippen molar-refractivity contribution in [1.82, 2.24) is 14.7 Å². The van der Waals surface area contributed by atoms with E-state index in [1.165, 1.54) is 0 Å². The average Bonchev–Trinajstić information content (AvgIpc) is 2.82. The highest BCUT2D eigenvalue weighted by molar-refractivity contribution is 5.97. The van der Waals surface area contributed by atoms with Gasteiger partial charge >= 0.3 is 0 Å². The van der Waals surface area contributed by atoms with E-state index in [1.807, 2.05) is 29.2 Å². The van der Waals surface area contributed by atoms with Crippen molar-refractivity contribution >= 4 is 5.91 Å². The molecule has 0 aromatic heterocycles. The predicted molar refractivity (Wildman–Crippen MR) is 123 cm³/mol. The van der Waals surface area contributed by atoms with Crippen LogP contribution in [0.25, 0.3) is 0 Å². The van der Waals surface area contributed by atoms with Crippen LogP contribution in [0.15, 0.2) is 24.3 Å². The third kappa shape index (κ3) is 6.89. The van der Waals surface area contributed by atoms with Crippen LogP contribution in [0.1, 0.15) is 30.6 Å². The summed E-state index contributed by atoms with van der Waals surface area (Å²) in [6.07, 6.45) is 0.356. The van der Waals surface area contributed by atoms with Gasteiger partial charge in [0.1, 0.15) is 5.75 Å². The number of ether oxygens (including phenoxy) is 3. The van der Waals surface area contributed by atoms with E-state index in [4.69, 9.17) is 14.2 Å². The Morgan fingerprint density at radius 1 is 1.19 bits per heavy atom.